The van der Waals surface area contributed by atoms with Crippen LogP contribution in [0, 0.1) is 0 Å². The molecular formula is C13H16O2. The van der Waals surface area contributed by atoms with Crippen LogP contribution in [0.4, 0.5) is 0 Å². The summed E-state index contributed by atoms with van der Waals surface area (Å²) in [6.45, 7) is 5.13. The van der Waals surface area contributed by atoms with Crippen molar-refractivity contribution in [3.8, 4) is 0 Å². The lowest BCUT2D eigenvalue weighted by Crippen LogP contribution is -2.09. The van der Waals surface area contributed by atoms with Crippen LogP contribution in [-0.4, -0.2) is 19.0 Å². The van der Waals surface area contributed by atoms with Gasteiger partial charge in [-0.05, 0) is 17.0 Å². The van der Waals surface area contributed by atoms with Gasteiger partial charge in [0.2, 0.25) is 0 Å². The minimum atomic E-state index is -0.0382. The van der Waals surface area contributed by atoms with Crippen molar-refractivity contribution >= 4 is 5.78 Å². The van der Waals surface area contributed by atoms with Gasteiger partial charge in [-0.1, -0.05) is 38.1 Å². The lowest BCUT2D eigenvalue weighted by atomic mass is 9.93. The van der Waals surface area contributed by atoms with E-state index in [9.17, 15) is 4.79 Å². The highest BCUT2D eigenvalue weighted by Gasteiger charge is 2.26. The molecule has 1 fully saturated rings. The van der Waals surface area contributed by atoms with E-state index in [0.29, 0.717) is 12.5 Å². The van der Waals surface area contributed by atoms with E-state index in [2.05, 4.69) is 26.0 Å². The summed E-state index contributed by atoms with van der Waals surface area (Å²) in [5.74, 6) is 0.668. The Morgan fingerprint density at radius 1 is 1.40 bits per heavy atom. The van der Waals surface area contributed by atoms with E-state index in [1.807, 2.05) is 12.1 Å². The van der Waals surface area contributed by atoms with Crippen molar-refractivity contribution in [2.24, 2.45) is 0 Å². The Bertz CT molecular complexity index is 369. The van der Waals surface area contributed by atoms with Gasteiger partial charge in [0, 0.05) is 0 Å². The maximum absolute atomic E-state index is 11.5. The van der Waals surface area contributed by atoms with Gasteiger partial charge in [-0.15, -0.1) is 0 Å². The summed E-state index contributed by atoms with van der Waals surface area (Å²) < 4.78 is 5.17. The molecule has 0 amide bonds. The third-order valence-electron chi connectivity index (χ3n) is 2.90. The number of hydrogen-bond donors (Lipinski definition) is 0. The molecule has 1 aromatic carbocycles. The van der Waals surface area contributed by atoms with E-state index in [1.165, 1.54) is 5.56 Å². The first-order valence-corrected chi connectivity index (χ1v) is 5.39. The van der Waals surface area contributed by atoms with Gasteiger partial charge in [0.05, 0.1) is 12.5 Å². The summed E-state index contributed by atoms with van der Waals surface area (Å²) in [6.07, 6.45) is 0. The van der Waals surface area contributed by atoms with E-state index in [4.69, 9.17) is 4.74 Å². The van der Waals surface area contributed by atoms with Gasteiger partial charge in [0.1, 0.15) is 6.61 Å². The highest BCUT2D eigenvalue weighted by atomic mass is 16.5. The van der Waals surface area contributed by atoms with Crippen LogP contribution in [-0.2, 0) is 9.53 Å². The highest BCUT2D eigenvalue weighted by Crippen LogP contribution is 2.25. The molecule has 80 valence electrons. The van der Waals surface area contributed by atoms with E-state index in [-0.39, 0.29) is 18.3 Å². The number of carbonyl (C=O) groups is 1. The molecule has 1 heterocycles. The molecule has 0 aromatic heterocycles. The summed E-state index contributed by atoms with van der Waals surface area (Å²) >= 11 is 0. The second-order valence-corrected chi connectivity index (χ2v) is 4.36. The van der Waals surface area contributed by atoms with Crippen molar-refractivity contribution in [3.05, 3.63) is 35.4 Å². The molecule has 0 radical (unpaired) electrons. The number of benzene rings is 1. The van der Waals surface area contributed by atoms with Crippen molar-refractivity contribution in [2.45, 2.75) is 25.7 Å². The number of carbonyl (C=O) groups excluding carboxylic acids is 1. The molecule has 0 spiro atoms. The monoisotopic (exact) mass is 204 g/mol. The normalized spacial score (nSPS) is 21.3. The highest BCUT2D eigenvalue weighted by molar-refractivity contribution is 5.88. The summed E-state index contributed by atoms with van der Waals surface area (Å²) in [7, 11) is 0. The minimum Gasteiger partial charge on any atom is -0.373 e. The molecule has 1 saturated heterocycles. The van der Waals surface area contributed by atoms with E-state index in [1.54, 1.807) is 0 Å². The van der Waals surface area contributed by atoms with Crippen molar-refractivity contribution in [1.82, 2.24) is 0 Å². The summed E-state index contributed by atoms with van der Waals surface area (Å²) in [5, 5.41) is 0. The van der Waals surface area contributed by atoms with Crippen LogP contribution in [0.2, 0.25) is 0 Å². The van der Waals surface area contributed by atoms with Crippen LogP contribution in [0.5, 0.6) is 0 Å². The molecule has 2 nitrogen and oxygen atoms in total. The molecule has 0 bridgehead atoms. The van der Waals surface area contributed by atoms with Crippen molar-refractivity contribution in [2.75, 3.05) is 13.2 Å². The van der Waals surface area contributed by atoms with Gasteiger partial charge in [-0.3, -0.25) is 4.79 Å². The first-order chi connectivity index (χ1) is 7.18. The van der Waals surface area contributed by atoms with Gasteiger partial charge in [-0.25, -0.2) is 0 Å². The van der Waals surface area contributed by atoms with Crippen molar-refractivity contribution < 1.29 is 9.53 Å². The van der Waals surface area contributed by atoms with Gasteiger partial charge >= 0.3 is 0 Å². The molecule has 0 saturated carbocycles. The SMILES string of the molecule is CC(C)c1cccc([C@H]2COCC2=O)c1. The third kappa shape index (κ3) is 2.10. The van der Waals surface area contributed by atoms with E-state index in [0.717, 1.165) is 5.56 Å². The fraction of sp³-hybridized carbons (Fsp3) is 0.462. The Balaban J connectivity index is 2.28. The van der Waals surface area contributed by atoms with Gasteiger partial charge in [0.25, 0.3) is 0 Å². The predicted molar refractivity (Wildman–Crippen MR) is 59.1 cm³/mol. The lowest BCUT2D eigenvalue weighted by Gasteiger charge is -2.11. The van der Waals surface area contributed by atoms with Crippen molar-refractivity contribution in [3.63, 3.8) is 0 Å². The Hall–Kier alpha value is -1.15. The van der Waals surface area contributed by atoms with Crippen LogP contribution in [0.15, 0.2) is 24.3 Å². The Kier molecular flexibility index (Phi) is 2.87. The number of rotatable bonds is 2. The molecule has 0 aliphatic carbocycles. The average molecular weight is 204 g/mol. The predicted octanol–water partition coefficient (Wildman–Crippen LogP) is 2.49. The van der Waals surface area contributed by atoms with Crippen LogP contribution < -0.4 is 0 Å². The van der Waals surface area contributed by atoms with Crippen LogP contribution in [0.1, 0.15) is 36.8 Å². The number of Topliss-reactive ketones (excluding diaryl/α,β-unsaturated/α-hetero) is 1. The molecule has 1 aliphatic heterocycles. The first-order valence-electron chi connectivity index (χ1n) is 5.39. The first kappa shape index (κ1) is 10.4. The van der Waals surface area contributed by atoms with Gasteiger partial charge < -0.3 is 4.74 Å². The molecule has 15 heavy (non-hydrogen) atoms. The smallest absolute Gasteiger partial charge is 0.168 e. The second kappa shape index (κ2) is 4.15. The maximum atomic E-state index is 11.5. The molecule has 1 aromatic rings. The molecule has 2 rings (SSSR count). The van der Waals surface area contributed by atoms with Crippen LogP contribution >= 0.6 is 0 Å². The van der Waals surface area contributed by atoms with E-state index < -0.39 is 0 Å². The molecule has 0 unspecified atom stereocenters. The zero-order chi connectivity index (χ0) is 10.8. The lowest BCUT2D eigenvalue weighted by molar-refractivity contribution is -0.118. The third-order valence-corrected chi connectivity index (χ3v) is 2.90. The number of ketones is 1. The van der Waals surface area contributed by atoms with Crippen molar-refractivity contribution in [1.29, 1.82) is 0 Å². The average Bonchev–Trinajstić information content (AvgIpc) is 2.64. The topological polar surface area (TPSA) is 26.3 Å². The standard InChI is InChI=1S/C13H16O2/c1-9(2)10-4-3-5-11(6-10)12-7-15-8-13(12)14/h3-6,9,12H,7-8H2,1-2H3/t12-/m1/s1. The summed E-state index contributed by atoms with van der Waals surface area (Å²) in [6, 6.07) is 8.27. The Morgan fingerprint density at radius 3 is 2.80 bits per heavy atom. The minimum absolute atomic E-state index is 0.0382. The molecule has 1 aliphatic rings. The van der Waals surface area contributed by atoms with E-state index >= 15 is 0 Å². The number of ether oxygens (including phenoxy) is 1. The zero-order valence-electron chi connectivity index (χ0n) is 9.19. The molecule has 1 atom stereocenters. The molecular weight excluding hydrogens is 188 g/mol. The van der Waals surface area contributed by atoms with Crippen LogP contribution in [0.25, 0.3) is 0 Å². The van der Waals surface area contributed by atoms with Crippen LogP contribution in [0.3, 0.4) is 0 Å². The number of hydrogen-bond acceptors (Lipinski definition) is 2. The maximum Gasteiger partial charge on any atom is 0.168 e. The second-order valence-electron chi connectivity index (χ2n) is 4.36. The molecule has 0 N–H and O–H groups in total. The Morgan fingerprint density at radius 2 is 2.20 bits per heavy atom. The largest absolute Gasteiger partial charge is 0.373 e. The van der Waals surface area contributed by atoms with Gasteiger partial charge in [0.15, 0.2) is 5.78 Å². The zero-order valence-corrected chi connectivity index (χ0v) is 9.19. The van der Waals surface area contributed by atoms with Gasteiger partial charge in [-0.2, -0.15) is 0 Å². The fourth-order valence-electron chi connectivity index (χ4n) is 1.89. The Labute approximate surface area is 90.3 Å². The summed E-state index contributed by atoms with van der Waals surface area (Å²) in [4.78, 5) is 11.5. The quantitative estimate of drug-likeness (QED) is 0.739. The summed E-state index contributed by atoms with van der Waals surface area (Å²) in [5.41, 5.74) is 2.39. The molecule has 2 heteroatoms. The fourth-order valence-corrected chi connectivity index (χ4v) is 1.89.